The molecule has 120 valence electrons. The molecule has 1 aliphatic rings. The number of benzene rings is 1. The van der Waals surface area contributed by atoms with Gasteiger partial charge < -0.3 is 9.84 Å². The number of rotatable bonds is 4. The summed E-state index contributed by atoms with van der Waals surface area (Å²) < 4.78 is 5.00. The van der Waals surface area contributed by atoms with Gasteiger partial charge in [0, 0.05) is 19.2 Å². The van der Waals surface area contributed by atoms with Crippen molar-refractivity contribution < 1.29 is 14.6 Å². The molecule has 0 fully saturated rings. The Bertz CT molecular complexity index is 716. The largest absolute Gasteiger partial charge is 0.480 e. The van der Waals surface area contributed by atoms with Gasteiger partial charge in [-0.2, -0.15) is 5.10 Å². The van der Waals surface area contributed by atoms with Gasteiger partial charge in [-0.15, -0.1) is 5.10 Å². The van der Waals surface area contributed by atoms with Gasteiger partial charge in [0.25, 0.3) is 0 Å². The summed E-state index contributed by atoms with van der Waals surface area (Å²) in [6.45, 7) is 3.16. The van der Waals surface area contributed by atoms with Crippen LogP contribution in [0.2, 0.25) is 0 Å². The van der Waals surface area contributed by atoms with Crippen molar-refractivity contribution in [3.8, 4) is 5.88 Å². The van der Waals surface area contributed by atoms with E-state index in [-0.39, 0.29) is 0 Å². The average Bonchev–Trinajstić information content (AvgIpc) is 2.55. The van der Waals surface area contributed by atoms with Crippen molar-refractivity contribution in [3.63, 3.8) is 0 Å². The van der Waals surface area contributed by atoms with E-state index in [1.807, 2.05) is 36.1 Å². The monoisotopic (exact) mass is 313 g/mol. The Kier molecular flexibility index (Phi) is 4.25. The summed E-state index contributed by atoms with van der Waals surface area (Å²) in [6.07, 6.45) is 0.843. The van der Waals surface area contributed by atoms with Crippen molar-refractivity contribution in [2.75, 3.05) is 13.7 Å². The van der Waals surface area contributed by atoms with Crippen LogP contribution >= 0.6 is 0 Å². The van der Waals surface area contributed by atoms with Crippen LogP contribution in [0, 0.1) is 6.92 Å². The third kappa shape index (κ3) is 3.03. The van der Waals surface area contributed by atoms with Crippen LogP contribution in [0.5, 0.6) is 5.88 Å². The Morgan fingerprint density at radius 1 is 1.35 bits per heavy atom. The Hall–Kier alpha value is -2.47. The molecule has 6 nitrogen and oxygen atoms in total. The number of aryl methyl sites for hydroxylation is 1. The summed E-state index contributed by atoms with van der Waals surface area (Å²) in [5, 5.41) is 17.8. The van der Waals surface area contributed by atoms with Crippen LogP contribution in [-0.2, 0) is 17.8 Å². The zero-order valence-corrected chi connectivity index (χ0v) is 13.2. The molecule has 0 spiro atoms. The van der Waals surface area contributed by atoms with Gasteiger partial charge in [-0.1, -0.05) is 18.2 Å². The van der Waals surface area contributed by atoms with E-state index in [9.17, 15) is 9.90 Å². The highest BCUT2D eigenvalue weighted by molar-refractivity contribution is 5.76. The van der Waals surface area contributed by atoms with Crippen LogP contribution in [0.1, 0.15) is 28.4 Å². The highest BCUT2D eigenvalue weighted by Crippen LogP contribution is 2.32. The molecule has 6 heteroatoms. The number of aromatic nitrogens is 2. The van der Waals surface area contributed by atoms with Crippen molar-refractivity contribution in [3.05, 3.63) is 52.7 Å². The van der Waals surface area contributed by atoms with Crippen LogP contribution in [0.4, 0.5) is 0 Å². The molecule has 0 amide bonds. The van der Waals surface area contributed by atoms with Crippen molar-refractivity contribution >= 4 is 5.97 Å². The molecule has 1 aliphatic heterocycles. The van der Waals surface area contributed by atoms with E-state index in [1.54, 1.807) is 6.07 Å². The van der Waals surface area contributed by atoms with E-state index in [0.717, 1.165) is 28.8 Å². The minimum atomic E-state index is -0.835. The number of carbonyl (C=O) groups is 1. The van der Waals surface area contributed by atoms with Crippen LogP contribution in [0.3, 0.4) is 0 Å². The Morgan fingerprint density at radius 3 is 2.83 bits per heavy atom. The molecular formula is C17H19N3O3. The molecule has 0 aliphatic carbocycles. The van der Waals surface area contributed by atoms with Gasteiger partial charge in [-0.3, -0.25) is 9.69 Å². The van der Waals surface area contributed by atoms with Crippen molar-refractivity contribution in [2.24, 2.45) is 0 Å². The van der Waals surface area contributed by atoms with E-state index >= 15 is 0 Å². The van der Waals surface area contributed by atoms with Gasteiger partial charge in [-0.05, 0) is 36.1 Å². The second-order valence-electron chi connectivity index (χ2n) is 5.67. The van der Waals surface area contributed by atoms with E-state index in [2.05, 4.69) is 10.2 Å². The smallest absolute Gasteiger partial charge is 0.325 e. The minimum Gasteiger partial charge on any atom is -0.480 e. The summed E-state index contributed by atoms with van der Waals surface area (Å²) in [4.78, 5) is 13.8. The molecule has 0 saturated carbocycles. The fourth-order valence-electron chi connectivity index (χ4n) is 3.11. The zero-order valence-electron chi connectivity index (χ0n) is 13.2. The molecular weight excluding hydrogens is 294 g/mol. The standard InChI is InChI=1S/C17H19N3O3/c1-11-4-3-5-14-13(11)8-9-20(16(14)17(21)22)10-12-6-7-15(23-2)19-18-12/h3-7,16H,8-10H2,1-2H3,(H,21,22). The Labute approximate surface area is 134 Å². The van der Waals surface area contributed by atoms with Crippen LogP contribution in [-0.4, -0.2) is 39.8 Å². The third-order valence-corrected chi connectivity index (χ3v) is 4.26. The zero-order chi connectivity index (χ0) is 16.4. The summed E-state index contributed by atoms with van der Waals surface area (Å²) in [5.41, 5.74) is 3.91. The first-order valence-corrected chi connectivity index (χ1v) is 7.52. The van der Waals surface area contributed by atoms with Crippen LogP contribution in [0.15, 0.2) is 30.3 Å². The van der Waals surface area contributed by atoms with E-state index in [1.165, 1.54) is 7.11 Å². The molecule has 1 atom stereocenters. The quantitative estimate of drug-likeness (QED) is 0.930. The number of carboxylic acid groups (broad SMARTS) is 1. The number of carboxylic acids is 1. The lowest BCUT2D eigenvalue weighted by Crippen LogP contribution is -2.39. The van der Waals surface area contributed by atoms with Gasteiger partial charge >= 0.3 is 5.97 Å². The fraction of sp³-hybridized carbons (Fsp3) is 0.353. The summed E-state index contributed by atoms with van der Waals surface area (Å²) in [5.74, 6) is -0.388. The first kappa shape index (κ1) is 15.4. The molecule has 23 heavy (non-hydrogen) atoms. The molecule has 1 N–H and O–H groups in total. The van der Waals surface area contributed by atoms with Gasteiger partial charge in [0.1, 0.15) is 6.04 Å². The van der Waals surface area contributed by atoms with Gasteiger partial charge in [-0.25, -0.2) is 0 Å². The number of hydrogen-bond acceptors (Lipinski definition) is 5. The highest BCUT2D eigenvalue weighted by Gasteiger charge is 2.33. The first-order valence-electron chi connectivity index (χ1n) is 7.52. The molecule has 0 saturated heterocycles. The molecule has 3 rings (SSSR count). The first-order chi connectivity index (χ1) is 11.1. The lowest BCUT2D eigenvalue weighted by atomic mass is 9.89. The van der Waals surface area contributed by atoms with Crippen molar-refractivity contribution in [2.45, 2.75) is 25.9 Å². The predicted molar refractivity (Wildman–Crippen MR) is 84.3 cm³/mol. The molecule has 2 aromatic rings. The molecule has 1 aromatic carbocycles. The van der Waals surface area contributed by atoms with Crippen molar-refractivity contribution in [1.29, 1.82) is 0 Å². The number of fused-ring (bicyclic) bond motifs is 1. The maximum Gasteiger partial charge on any atom is 0.325 e. The molecule has 2 heterocycles. The van der Waals surface area contributed by atoms with Crippen LogP contribution < -0.4 is 4.74 Å². The topological polar surface area (TPSA) is 75.5 Å². The van der Waals surface area contributed by atoms with E-state index in [0.29, 0.717) is 19.0 Å². The summed E-state index contributed by atoms with van der Waals surface area (Å²) >= 11 is 0. The molecule has 0 radical (unpaired) electrons. The summed E-state index contributed by atoms with van der Waals surface area (Å²) in [6, 6.07) is 8.76. The lowest BCUT2D eigenvalue weighted by Gasteiger charge is -2.35. The minimum absolute atomic E-state index is 0.446. The predicted octanol–water partition coefficient (Wildman–Crippen LogP) is 1.98. The Morgan fingerprint density at radius 2 is 2.17 bits per heavy atom. The second kappa shape index (κ2) is 6.34. The maximum absolute atomic E-state index is 11.8. The number of hydrogen-bond donors (Lipinski definition) is 1. The van der Waals surface area contributed by atoms with Crippen LogP contribution in [0.25, 0.3) is 0 Å². The number of methoxy groups -OCH3 is 1. The highest BCUT2D eigenvalue weighted by atomic mass is 16.5. The van der Waals surface area contributed by atoms with Gasteiger partial charge in [0.2, 0.25) is 5.88 Å². The van der Waals surface area contributed by atoms with Crippen molar-refractivity contribution in [1.82, 2.24) is 15.1 Å². The Balaban J connectivity index is 1.88. The number of aliphatic carboxylic acids is 1. The maximum atomic E-state index is 11.8. The number of nitrogens with zero attached hydrogens (tertiary/aromatic N) is 3. The van der Waals surface area contributed by atoms with E-state index < -0.39 is 12.0 Å². The molecule has 1 unspecified atom stereocenters. The SMILES string of the molecule is COc1ccc(CN2CCc3c(C)cccc3C2C(=O)O)nn1. The molecule has 0 bridgehead atoms. The van der Waals surface area contributed by atoms with Gasteiger partial charge in [0.05, 0.1) is 12.8 Å². The normalized spacial score (nSPS) is 17.6. The fourth-order valence-corrected chi connectivity index (χ4v) is 3.11. The average molecular weight is 313 g/mol. The third-order valence-electron chi connectivity index (χ3n) is 4.26. The molecule has 1 aromatic heterocycles. The number of ether oxygens (including phenoxy) is 1. The summed E-state index contributed by atoms with van der Waals surface area (Å²) in [7, 11) is 1.54. The second-order valence-corrected chi connectivity index (χ2v) is 5.67. The lowest BCUT2D eigenvalue weighted by molar-refractivity contribution is -0.144. The van der Waals surface area contributed by atoms with E-state index in [4.69, 9.17) is 4.74 Å². The van der Waals surface area contributed by atoms with Gasteiger partial charge in [0.15, 0.2) is 0 Å².